The highest BCUT2D eigenvalue weighted by Crippen LogP contribution is 2.13. The molecule has 0 heterocycles. The molecular weight excluding hydrogens is 462 g/mol. The second-order valence-electron chi connectivity index (χ2n) is 8.50. The maximum absolute atomic E-state index is 13.2. The Morgan fingerprint density at radius 3 is 1.61 bits per heavy atom. The molecule has 0 aromatic heterocycles. The van der Waals surface area contributed by atoms with Gasteiger partial charge in [-0.15, -0.1) is 0 Å². The Hall–Kier alpha value is -4.37. The van der Waals surface area contributed by atoms with Gasteiger partial charge in [0.25, 0.3) is 0 Å². The smallest absolute Gasteiger partial charge is 0.326 e. The molecule has 0 bridgehead atoms. The van der Waals surface area contributed by atoms with Crippen molar-refractivity contribution in [3.8, 4) is 11.5 Å². The van der Waals surface area contributed by atoms with Crippen LogP contribution in [0.5, 0.6) is 11.5 Å². The topological polar surface area (TPSA) is 162 Å². The van der Waals surface area contributed by atoms with Crippen LogP contribution in [0.1, 0.15) is 16.7 Å². The van der Waals surface area contributed by atoms with Crippen LogP contribution in [0, 0.1) is 0 Å². The second kappa shape index (κ2) is 12.4. The lowest BCUT2D eigenvalue weighted by molar-refractivity contribution is -0.142. The molecule has 0 fully saturated rings. The van der Waals surface area contributed by atoms with Crippen LogP contribution >= 0.6 is 0 Å². The van der Waals surface area contributed by atoms with Crippen LogP contribution in [0.2, 0.25) is 0 Å². The monoisotopic (exact) mass is 491 g/mol. The van der Waals surface area contributed by atoms with Crippen LogP contribution in [-0.2, 0) is 33.6 Å². The predicted molar refractivity (Wildman–Crippen MR) is 133 cm³/mol. The number of phenolic OH excluding ortho intramolecular Hbond substituents is 2. The van der Waals surface area contributed by atoms with Gasteiger partial charge >= 0.3 is 5.97 Å². The molecule has 3 aromatic carbocycles. The van der Waals surface area contributed by atoms with Gasteiger partial charge in [-0.05, 0) is 47.4 Å². The van der Waals surface area contributed by atoms with Crippen molar-refractivity contribution in [3.05, 3.63) is 95.6 Å². The summed E-state index contributed by atoms with van der Waals surface area (Å²) in [4.78, 5) is 37.9. The largest absolute Gasteiger partial charge is 0.508 e. The number of rotatable bonds is 11. The first-order valence-electron chi connectivity index (χ1n) is 11.4. The van der Waals surface area contributed by atoms with Crippen molar-refractivity contribution in [2.24, 2.45) is 5.73 Å². The normalized spacial score (nSPS) is 13.2. The van der Waals surface area contributed by atoms with E-state index in [4.69, 9.17) is 5.73 Å². The Bertz CT molecular complexity index is 1170. The molecule has 3 atom stereocenters. The molecule has 36 heavy (non-hydrogen) atoms. The van der Waals surface area contributed by atoms with E-state index in [9.17, 15) is 29.7 Å². The first-order chi connectivity index (χ1) is 17.2. The van der Waals surface area contributed by atoms with Gasteiger partial charge in [0.2, 0.25) is 11.8 Å². The number of nitrogens with one attached hydrogen (secondary N) is 2. The molecule has 3 rings (SSSR count). The summed E-state index contributed by atoms with van der Waals surface area (Å²) in [6, 6.07) is 18.0. The fraction of sp³-hybridized carbons (Fsp3) is 0.222. The number of carboxylic acid groups (broad SMARTS) is 1. The minimum absolute atomic E-state index is 0.00623. The standard InChI is InChI=1S/C27H29N3O6/c28-22(14-18-6-10-20(31)11-7-18)25(33)29-23(15-17-4-2-1-3-5-17)26(34)30-24(27(35)36)16-19-8-12-21(32)13-9-19/h1-13,22-24,31-32H,14-16,28H2,(H,29,33)(H,30,34)(H,35,36). The average Bonchev–Trinajstić information content (AvgIpc) is 2.86. The first kappa shape index (κ1) is 26.2. The Kier molecular flexibility index (Phi) is 9.01. The lowest BCUT2D eigenvalue weighted by Crippen LogP contribution is -2.55. The van der Waals surface area contributed by atoms with E-state index in [-0.39, 0.29) is 30.8 Å². The molecule has 2 amide bonds. The van der Waals surface area contributed by atoms with Crippen LogP contribution < -0.4 is 16.4 Å². The van der Waals surface area contributed by atoms with Crippen molar-refractivity contribution in [2.75, 3.05) is 0 Å². The highest BCUT2D eigenvalue weighted by atomic mass is 16.4. The molecule has 0 aliphatic rings. The van der Waals surface area contributed by atoms with Gasteiger partial charge in [-0.1, -0.05) is 54.6 Å². The number of phenols is 2. The summed E-state index contributed by atoms with van der Waals surface area (Å²) in [6.07, 6.45) is 0.313. The number of aromatic hydroxyl groups is 2. The molecule has 3 aromatic rings. The number of hydrogen-bond acceptors (Lipinski definition) is 6. The second-order valence-corrected chi connectivity index (χ2v) is 8.50. The molecule has 0 saturated carbocycles. The average molecular weight is 492 g/mol. The molecule has 0 spiro atoms. The summed E-state index contributed by atoms with van der Waals surface area (Å²) in [5.41, 5.74) is 8.19. The number of carbonyl (C=O) groups is 3. The number of carboxylic acids is 1. The van der Waals surface area contributed by atoms with Crippen LogP contribution in [-0.4, -0.2) is 51.2 Å². The number of benzene rings is 3. The van der Waals surface area contributed by atoms with Gasteiger partial charge in [0.1, 0.15) is 23.6 Å². The Labute approximate surface area is 208 Å². The first-order valence-corrected chi connectivity index (χ1v) is 11.4. The van der Waals surface area contributed by atoms with E-state index in [0.717, 1.165) is 11.1 Å². The van der Waals surface area contributed by atoms with Gasteiger partial charge in [0, 0.05) is 12.8 Å². The number of hydrogen-bond donors (Lipinski definition) is 6. The molecule has 9 heteroatoms. The van der Waals surface area contributed by atoms with E-state index in [2.05, 4.69) is 10.6 Å². The summed E-state index contributed by atoms with van der Waals surface area (Å²) in [6.45, 7) is 0. The van der Waals surface area contributed by atoms with Gasteiger partial charge in [-0.25, -0.2) is 4.79 Å². The molecule has 7 N–H and O–H groups in total. The van der Waals surface area contributed by atoms with E-state index in [1.807, 2.05) is 6.07 Å². The van der Waals surface area contributed by atoms with Crippen molar-refractivity contribution in [2.45, 2.75) is 37.4 Å². The third-order valence-electron chi connectivity index (χ3n) is 5.64. The predicted octanol–water partition coefficient (Wildman–Crippen LogP) is 1.51. The lowest BCUT2D eigenvalue weighted by atomic mass is 10.0. The third kappa shape index (κ3) is 7.85. The van der Waals surface area contributed by atoms with Crippen LogP contribution in [0.4, 0.5) is 0 Å². The molecule has 0 radical (unpaired) electrons. The number of carbonyl (C=O) groups excluding carboxylic acids is 2. The van der Waals surface area contributed by atoms with Crippen LogP contribution in [0.25, 0.3) is 0 Å². The van der Waals surface area contributed by atoms with Crippen LogP contribution in [0.15, 0.2) is 78.9 Å². The summed E-state index contributed by atoms with van der Waals surface area (Å²) in [5, 5.41) is 33.7. The SMILES string of the molecule is NC(Cc1ccc(O)cc1)C(=O)NC(Cc1ccccc1)C(=O)NC(Cc1ccc(O)cc1)C(=O)O. The summed E-state index contributed by atoms with van der Waals surface area (Å²) in [5.74, 6) is -2.31. The van der Waals surface area contributed by atoms with Gasteiger partial charge < -0.3 is 31.7 Å². The zero-order chi connectivity index (χ0) is 26.1. The van der Waals surface area contributed by atoms with Gasteiger partial charge in [-0.3, -0.25) is 9.59 Å². The minimum atomic E-state index is -1.25. The van der Waals surface area contributed by atoms with Gasteiger partial charge in [-0.2, -0.15) is 0 Å². The summed E-state index contributed by atoms with van der Waals surface area (Å²) >= 11 is 0. The highest BCUT2D eigenvalue weighted by molar-refractivity contribution is 5.92. The van der Waals surface area contributed by atoms with E-state index in [1.54, 1.807) is 48.5 Å². The molecule has 0 aliphatic carbocycles. The highest BCUT2D eigenvalue weighted by Gasteiger charge is 2.28. The van der Waals surface area contributed by atoms with E-state index < -0.39 is 35.9 Å². The molecule has 9 nitrogen and oxygen atoms in total. The molecule has 0 saturated heterocycles. The Morgan fingerprint density at radius 1 is 0.639 bits per heavy atom. The van der Waals surface area contributed by atoms with Crippen molar-refractivity contribution >= 4 is 17.8 Å². The minimum Gasteiger partial charge on any atom is -0.508 e. The van der Waals surface area contributed by atoms with E-state index >= 15 is 0 Å². The lowest BCUT2D eigenvalue weighted by Gasteiger charge is -2.23. The fourth-order valence-electron chi connectivity index (χ4n) is 3.66. The van der Waals surface area contributed by atoms with Gasteiger partial charge in [0.15, 0.2) is 0 Å². The van der Waals surface area contributed by atoms with Crippen molar-refractivity contribution in [3.63, 3.8) is 0 Å². The fourth-order valence-corrected chi connectivity index (χ4v) is 3.66. The summed E-state index contributed by atoms with van der Waals surface area (Å²) < 4.78 is 0. The number of aliphatic carboxylic acids is 1. The quantitative estimate of drug-likeness (QED) is 0.237. The van der Waals surface area contributed by atoms with Crippen LogP contribution in [0.3, 0.4) is 0 Å². The van der Waals surface area contributed by atoms with E-state index in [0.29, 0.717) is 5.56 Å². The zero-order valence-electron chi connectivity index (χ0n) is 19.5. The zero-order valence-corrected chi connectivity index (χ0v) is 19.5. The summed E-state index contributed by atoms with van der Waals surface area (Å²) in [7, 11) is 0. The third-order valence-corrected chi connectivity index (χ3v) is 5.64. The number of nitrogens with two attached hydrogens (primary N) is 1. The Morgan fingerprint density at radius 2 is 1.08 bits per heavy atom. The van der Waals surface area contributed by atoms with E-state index in [1.165, 1.54) is 24.3 Å². The maximum atomic E-state index is 13.2. The molecule has 188 valence electrons. The van der Waals surface area contributed by atoms with Crippen molar-refractivity contribution < 1.29 is 29.7 Å². The van der Waals surface area contributed by atoms with Crippen molar-refractivity contribution in [1.82, 2.24) is 10.6 Å². The molecule has 3 unspecified atom stereocenters. The Balaban J connectivity index is 1.72. The molecular formula is C27H29N3O6. The van der Waals surface area contributed by atoms with Crippen molar-refractivity contribution in [1.29, 1.82) is 0 Å². The maximum Gasteiger partial charge on any atom is 0.326 e. The van der Waals surface area contributed by atoms with Gasteiger partial charge in [0.05, 0.1) is 6.04 Å². The molecule has 0 aliphatic heterocycles. The number of amides is 2.